The van der Waals surface area contributed by atoms with Gasteiger partial charge in [-0.25, -0.2) is 0 Å². The summed E-state index contributed by atoms with van der Waals surface area (Å²) >= 11 is 0. The molecular formula is C11H20ClF3N2O2. The van der Waals surface area contributed by atoms with Gasteiger partial charge >= 0.3 is 6.18 Å². The van der Waals surface area contributed by atoms with Crippen molar-refractivity contribution in [3.8, 4) is 0 Å². The molecule has 4 nitrogen and oxygen atoms in total. The van der Waals surface area contributed by atoms with Crippen LogP contribution in [0, 0.1) is 0 Å². The van der Waals surface area contributed by atoms with Crippen LogP contribution in [0.4, 0.5) is 13.2 Å². The minimum Gasteiger partial charge on any atom is -0.362 e. The van der Waals surface area contributed by atoms with E-state index in [-0.39, 0.29) is 12.4 Å². The molecule has 0 saturated heterocycles. The number of carbonyl (C=O) groups excluding carboxylic acids is 1. The third-order valence-corrected chi connectivity index (χ3v) is 2.99. The highest BCUT2D eigenvalue weighted by molar-refractivity contribution is 5.85. The van der Waals surface area contributed by atoms with Gasteiger partial charge in [-0.2, -0.15) is 13.2 Å². The van der Waals surface area contributed by atoms with Crippen molar-refractivity contribution >= 4 is 18.3 Å². The van der Waals surface area contributed by atoms with Crippen LogP contribution in [0.1, 0.15) is 32.1 Å². The van der Waals surface area contributed by atoms with Crippen molar-refractivity contribution in [2.24, 2.45) is 5.73 Å². The van der Waals surface area contributed by atoms with Crippen LogP contribution in [0.3, 0.4) is 0 Å². The zero-order chi connectivity index (χ0) is 13.6. The van der Waals surface area contributed by atoms with Crippen molar-refractivity contribution < 1.29 is 22.7 Å². The Hall–Kier alpha value is -0.530. The van der Waals surface area contributed by atoms with E-state index in [0.29, 0.717) is 6.54 Å². The molecule has 0 spiro atoms. The Morgan fingerprint density at radius 2 is 1.84 bits per heavy atom. The lowest BCUT2D eigenvalue weighted by atomic mass is 9.82. The highest BCUT2D eigenvalue weighted by atomic mass is 35.5. The minimum absolute atomic E-state index is 0. The van der Waals surface area contributed by atoms with Crippen LogP contribution in [-0.4, -0.2) is 37.4 Å². The van der Waals surface area contributed by atoms with Gasteiger partial charge in [0.05, 0.1) is 0 Å². The quantitative estimate of drug-likeness (QED) is 0.813. The second kappa shape index (κ2) is 7.91. The molecule has 0 aliphatic heterocycles. The van der Waals surface area contributed by atoms with E-state index in [1.54, 1.807) is 0 Å². The van der Waals surface area contributed by atoms with Gasteiger partial charge in [0.15, 0.2) is 0 Å². The van der Waals surface area contributed by atoms with Gasteiger partial charge in [-0.1, -0.05) is 19.3 Å². The summed E-state index contributed by atoms with van der Waals surface area (Å²) in [5, 5.41) is 2.52. The summed E-state index contributed by atoms with van der Waals surface area (Å²) in [6.07, 6.45) is 0.446. The summed E-state index contributed by atoms with van der Waals surface area (Å²) in [5.74, 6) is -0.561. The molecule has 114 valence electrons. The topological polar surface area (TPSA) is 64.3 Å². The van der Waals surface area contributed by atoms with Gasteiger partial charge in [-0.05, 0) is 12.8 Å². The van der Waals surface area contributed by atoms with Crippen molar-refractivity contribution in [1.82, 2.24) is 5.32 Å². The minimum atomic E-state index is -4.40. The molecule has 0 radical (unpaired) electrons. The van der Waals surface area contributed by atoms with Crippen LogP contribution >= 0.6 is 12.4 Å². The number of nitrogens with one attached hydrogen (secondary N) is 1. The predicted octanol–water partition coefficient (Wildman–Crippen LogP) is 1.76. The Labute approximate surface area is 116 Å². The lowest BCUT2D eigenvalue weighted by Gasteiger charge is -2.33. The third-order valence-electron chi connectivity index (χ3n) is 2.99. The smallest absolute Gasteiger partial charge is 0.362 e. The maximum Gasteiger partial charge on any atom is 0.411 e. The molecule has 0 atom stereocenters. The molecule has 0 unspecified atom stereocenters. The first-order valence-electron chi connectivity index (χ1n) is 6.01. The highest BCUT2D eigenvalue weighted by Crippen LogP contribution is 2.25. The van der Waals surface area contributed by atoms with E-state index in [0.717, 1.165) is 32.1 Å². The number of hydrogen-bond acceptors (Lipinski definition) is 3. The average molecular weight is 305 g/mol. The summed E-state index contributed by atoms with van der Waals surface area (Å²) in [6.45, 7) is -1.70. The number of alkyl halides is 3. The van der Waals surface area contributed by atoms with Gasteiger partial charge in [-0.15, -0.1) is 12.4 Å². The van der Waals surface area contributed by atoms with Crippen LogP contribution in [0.15, 0.2) is 0 Å². The number of ether oxygens (including phenoxy) is 1. The molecule has 1 amide bonds. The van der Waals surface area contributed by atoms with E-state index < -0.39 is 30.8 Å². The van der Waals surface area contributed by atoms with Gasteiger partial charge in [-0.3, -0.25) is 4.79 Å². The fraction of sp³-hybridized carbons (Fsp3) is 0.909. The zero-order valence-corrected chi connectivity index (χ0v) is 11.4. The van der Waals surface area contributed by atoms with Crippen LogP contribution in [0.25, 0.3) is 0 Å². The average Bonchev–Trinajstić information content (AvgIpc) is 2.26. The number of carbonyl (C=O) groups is 1. The molecule has 0 aromatic rings. The van der Waals surface area contributed by atoms with Gasteiger partial charge in [0.25, 0.3) is 0 Å². The Balaban J connectivity index is 0.00000324. The Morgan fingerprint density at radius 3 is 2.37 bits per heavy atom. The number of hydrogen-bond donors (Lipinski definition) is 2. The lowest BCUT2D eigenvalue weighted by molar-refractivity contribution is -0.175. The molecule has 3 N–H and O–H groups in total. The lowest BCUT2D eigenvalue weighted by Crippen LogP contribution is -2.51. The number of nitrogens with two attached hydrogens (primary N) is 1. The van der Waals surface area contributed by atoms with Crippen LogP contribution in [0.5, 0.6) is 0 Å². The predicted molar refractivity (Wildman–Crippen MR) is 67.1 cm³/mol. The Bertz CT molecular complexity index is 282. The molecule has 0 heterocycles. The van der Waals surface area contributed by atoms with Gasteiger partial charge < -0.3 is 15.8 Å². The van der Waals surface area contributed by atoms with Gasteiger partial charge in [0, 0.05) is 12.1 Å². The SMILES string of the molecule is Cl.NC1(CNC(=O)COCC(F)(F)F)CCCCC1. The molecule has 1 aliphatic carbocycles. The number of rotatable bonds is 5. The fourth-order valence-electron chi connectivity index (χ4n) is 2.02. The van der Waals surface area contributed by atoms with Gasteiger partial charge in [0.2, 0.25) is 5.91 Å². The van der Waals surface area contributed by atoms with E-state index in [4.69, 9.17) is 5.73 Å². The molecule has 0 bridgehead atoms. The summed E-state index contributed by atoms with van der Waals surface area (Å²) in [5.41, 5.74) is 5.65. The summed E-state index contributed by atoms with van der Waals surface area (Å²) in [6, 6.07) is 0. The molecule has 1 fully saturated rings. The molecule has 19 heavy (non-hydrogen) atoms. The summed E-state index contributed by atoms with van der Waals surface area (Å²) in [4.78, 5) is 11.3. The Kier molecular flexibility index (Phi) is 7.69. The van der Waals surface area contributed by atoms with Crippen LogP contribution < -0.4 is 11.1 Å². The molecule has 8 heteroatoms. The summed E-state index contributed by atoms with van der Waals surface area (Å²) in [7, 11) is 0. The second-order valence-electron chi connectivity index (χ2n) is 4.81. The molecular weight excluding hydrogens is 285 g/mol. The standard InChI is InChI=1S/C11H19F3N2O2.ClH/c12-11(13,14)8-18-6-9(17)16-7-10(15)4-2-1-3-5-10;/h1-8,15H2,(H,16,17);1H. The number of halogens is 4. The first kappa shape index (κ1) is 18.5. The molecule has 1 aliphatic rings. The normalized spacial score (nSPS) is 18.5. The molecule has 0 aromatic carbocycles. The van der Waals surface area contributed by atoms with E-state index in [2.05, 4.69) is 10.1 Å². The van der Waals surface area contributed by atoms with Crippen molar-refractivity contribution in [3.63, 3.8) is 0 Å². The van der Waals surface area contributed by atoms with E-state index in [1.165, 1.54) is 0 Å². The van der Waals surface area contributed by atoms with Gasteiger partial charge in [0.1, 0.15) is 13.2 Å². The monoisotopic (exact) mass is 304 g/mol. The van der Waals surface area contributed by atoms with Crippen LogP contribution in [-0.2, 0) is 9.53 Å². The highest BCUT2D eigenvalue weighted by Gasteiger charge is 2.29. The maximum absolute atomic E-state index is 11.8. The second-order valence-corrected chi connectivity index (χ2v) is 4.81. The largest absolute Gasteiger partial charge is 0.411 e. The van der Waals surface area contributed by atoms with Crippen molar-refractivity contribution in [1.29, 1.82) is 0 Å². The van der Waals surface area contributed by atoms with Crippen molar-refractivity contribution in [2.75, 3.05) is 19.8 Å². The molecule has 0 aromatic heterocycles. The van der Waals surface area contributed by atoms with Crippen LogP contribution in [0.2, 0.25) is 0 Å². The molecule has 1 rings (SSSR count). The molecule has 1 saturated carbocycles. The van der Waals surface area contributed by atoms with E-state index >= 15 is 0 Å². The maximum atomic E-state index is 11.8. The zero-order valence-electron chi connectivity index (χ0n) is 10.6. The first-order chi connectivity index (χ1) is 8.31. The summed E-state index contributed by atoms with van der Waals surface area (Å²) < 4.78 is 39.6. The first-order valence-corrected chi connectivity index (χ1v) is 6.01. The van der Waals surface area contributed by atoms with E-state index in [1.807, 2.05) is 0 Å². The fourth-order valence-corrected chi connectivity index (χ4v) is 2.02. The van der Waals surface area contributed by atoms with Crippen molar-refractivity contribution in [3.05, 3.63) is 0 Å². The third kappa shape index (κ3) is 8.28. The van der Waals surface area contributed by atoms with Crippen molar-refractivity contribution in [2.45, 2.75) is 43.8 Å². The Morgan fingerprint density at radius 1 is 1.26 bits per heavy atom. The van der Waals surface area contributed by atoms with E-state index in [9.17, 15) is 18.0 Å². The number of amides is 1.